The Hall–Kier alpha value is -2.37. The Morgan fingerprint density at radius 3 is 3.05 bits per heavy atom. The molecule has 1 atom stereocenters. The molecule has 0 fully saturated rings. The van der Waals surface area contributed by atoms with E-state index in [1.807, 2.05) is 12.1 Å². The van der Waals surface area contributed by atoms with Crippen molar-refractivity contribution in [2.75, 3.05) is 0 Å². The molecule has 0 bridgehead atoms. The smallest absolute Gasteiger partial charge is 0.340 e. The van der Waals surface area contributed by atoms with Crippen molar-refractivity contribution in [3.05, 3.63) is 51.7 Å². The van der Waals surface area contributed by atoms with Gasteiger partial charge in [-0.3, -0.25) is 9.78 Å². The van der Waals surface area contributed by atoms with E-state index < -0.39 is 0 Å². The molecule has 0 saturated carbocycles. The summed E-state index contributed by atoms with van der Waals surface area (Å²) in [5.41, 5.74) is 2.27. The van der Waals surface area contributed by atoms with Gasteiger partial charge in [0.1, 0.15) is 5.82 Å². The van der Waals surface area contributed by atoms with Crippen LogP contribution >= 0.6 is 0 Å². The molecule has 1 aromatic heterocycles. The maximum atomic E-state index is 11.9. The molecule has 0 unspecified atom stereocenters. The Morgan fingerprint density at radius 1 is 1.40 bits per heavy atom. The minimum absolute atomic E-state index is 0.0180. The van der Waals surface area contributed by atoms with Crippen LogP contribution in [-0.2, 0) is 17.8 Å². The second-order valence-corrected chi connectivity index (χ2v) is 5.04. The molecule has 1 heterocycles. The first-order valence-corrected chi connectivity index (χ1v) is 6.70. The number of carbonyl (C=O) groups excluding carboxylic acids is 1. The summed E-state index contributed by atoms with van der Waals surface area (Å²) < 4.78 is 0. The highest BCUT2D eigenvalue weighted by Gasteiger charge is 2.24. The average molecular weight is 272 g/mol. The predicted molar refractivity (Wildman–Crippen MR) is 73.2 cm³/mol. The van der Waals surface area contributed by atoms with Gasteiger partial charge in [-0.15, -0.1) is 0 Å². The predicted octanol–water partition coefficient (Wildman–Crippen LogP) is 0.834. The van der Waals surface area contributed by atoms with E-state index in [2.05, 4.69) is 32.6 Å². The van der Waals surface area contributed by atoms with E-state index >= 15 is 0 Å². The van der Waals surface area contributed by atoms with Crippen LogP contribution < -0.4 is 11.0 Å². The van der Waals surface area contributed by atoms with Crippen molar-refractivity contribution in [2.45, 2.75) is 31.7 Å². The van der Waals surface area contributed by atoms with Gasteiger partial charge in [-0.05, 0) is 29.9 Å². The number of aromatic amines is 2. The molecule has 104 valence electrons. The first-order chi connectivity index (χ1) is 9.72. The lowest BCUT2D eigenvalue weighted by Gasteiger charge is -2.11. The van der Waals surface area contributed by atoms with Crippen molar-refractivity contribution < 1.29 is 4.79 Å². The molecule has 0 spiro atoms. The van der Waals surface area contributed by atoms with E-state index in [-0.39, 0.29) is 18.1 Å². The number of fused-ring (bicyclic) bond motifs is 1. The number of amides is 1. The number of hydrogen-bond donors (Lipinski definition) is 3. The van der Waals surface area contributed by atoms with Gasteiger partial charge in [0.15, 0.2) is 0 Å². The summed E-state index contributed by atoms with van der Waals surface area (Å²) in [6, 6.07) is 8.28. The summed E-state index contributed by atoms with van der Waals surface area (Å²) in [6.45, 7) is 0.242. The highest BCUT2D eigenvalue weighted by atomic mass is 16.2. The lowest BCUT2D eigenvalue weighted by molar-refractivity contribution is -0.121. The quantitative estimate of drug-likeness (QED) is 0.770. The highest BCUT2D eigenvalue weighted by Crippen LogP contribution is 2.34. The molecule has 0 saturated heterocycles. The topological polar surface area (TPSA) is 90.6 Å². The average Bonchev–Trinajstić information content (AvgIpc) is 3.04. The van der Waals surface area contributed by atoms with E-state index in [0.717, 1.165) is 12.8 Å². The number of hydrogen-bond acceptors (Lipinski definition) is 3. The summed E-state index contributed by atoms with van der Waals surface area (Å²) in [5, 5.41) is 8.79. The molecule has 1 aliphatic carbocycles. The molecular weight excluding hydrogens is 256 g/mol. The van der Waals surface area contributed by atoms with Gasteiger partial charge in [-0.25, -0.2) is 9.89 Å². The third-order valence-electron chi connectivity index (χ3n) is 3.69. The zero-order valence-electron chi connectivity index (χ0n) is 11.0. The van der Waals surface area contributed by atoms with E-state index in [1.165, 1.54) is 11.1 Å². The minimum atomic E-state index is -0.362. The fraction of sp³-hybridized carbons (Fsp3) is 0.357. The number of benzene rings is 1. The van der Waals surface area contributed by atoms with E-state index in [1.54, 1.807) is 0 Å². The first kappa shape index (κ1) is 12.7. The second-order valence-electron chi connectivity index (χ2n) is 5.04. The molecule has 1 amide bonds. The van der Waals surface area contributed by atoms with Gasteiger partial charge in [0.2, 0.25) is 5.91 Å². The molecule has 6 heteroatoms. The molecule has 2 aromatic rings. The van der Waals surface area contributed by atoms with Crippen molar-refractivity contribution in [1.82, 2.24) is 20.5 Å². The number of H-pyrrole nitrogens is 2. The minimum Gasteiger partial charge on any atom is -0.349 e. The Morgan fingerprint density at radius 2 is 2.25 bits per heavy atom. The summed E-state index contributed by atoms with van der Waals surface area (Å²) in [7, 11) is 0. The van der Waals surface area contributed by atoms with Crippen LogP contribution in [0.15, 0.2) is 29.1 Å². The van der Waals surface area contributed by atoms with Gasteiger partial charge in [-0.2, -0.15) is 5.10 Å². The van der Waals surface area contributed by atoms with E-state index in [0.29, 0.717) is 18.2 Å². The van der Waals surface area contributed by atoms with Crippen molar-refractivity contribution >= 4 is 5.91 Å². The lowest BCUT2D eigenvalue weighted by atomic mass is 9.97. The second kappa shape index (κ2) is 5.32. The standard InChI is InChI=1S/C14H16N4O2/c19-13(15-8-12-16-14(20)18-17-12)7-10-6-5-9-3-1-2-4-11(9)10/h1-4,10H,5-8H2,(H,15,19)(H2,16,17,18,20)/t10-/m1/s1. The molecule has 1 aliphatic rings. The van der Waals surface area contributed by atoms with E-state index in [4.69, 9.17) is 0 Å². The summed E-state index contributed by atoms with van der Waals surface area (Å²) in [5.74, 6) is 0.718. The zero-order chi connectivity index (χ0) is 13.9. The van der Waals surface area contributed by atoms with Crippen molar-refractivity contribution in [3.8, 4) is 0 Å². The normalized spacial score (nSPS) is 16.9. The summed E-state index contributed by atoms with van der Waals surface area (Å²) >= 11 is 0. The lowest BCUT2D eigenvalue weighted by Crippen LogP contribution is -2.25. The van der Waals surface area contributed by atoms with Crippen LogP contribution in [0.25, 0.3) is 0 Å². The first-order valence-electron chi connectivity index (χ1n) is 6.70. The van der Waals surface area contributed by atoms with E-state index in [9.17, 15) is 9.59 Å². The maximum absolute atomic E-state index is 11.9. The molecule has 20 heavy (non-hydrogen) atoms. The molecular formula is C14H16N4O2. The van der Waals surface area contributed by atoms with Crippen LogP contribution in [-0.4, -0.2) is 21.1 Å². The van der Waals surface area contributed by atoms with Crippen molar-refractivity contribution in [3.63, 3.8) is 0 Å². The van der Waals surface area contributed by atoms with Gasteiger partial charge < -0.3 is 5.32 Å². The van der Waals surface area contributed by atoms with Crippen molar-refractivity contribution in [1.29, 1.82) is 0 Å². The van der Waals surface area contributed by atoms with Crippen LogP contribution in [0.1, 0.15) is 35.7 Å². The number of aryl methyl sites for hydroxylation is 1. The number of nitrogens with zero attached hydrogens (tertiary/aromatic N) is 1. The molecule has 3 rings (SSSR count). The summed E-state index contributed by atoms with van der Waals surface area (Å²) in [6.07, 6.45) is 2.54. The Kier molecular flexibility index (Phi) is 3.37. The largest absolute Gasteiger partial charge is 0.349 e. The number of nitrogens with one attached hydrogen (secondary N) is 3. The van der Waals surface area contributed by atoms with Gasteiger partial charge in [0.25, 0.3) is 0 Å². The number of rotatable bonds is 4. The van der Waals surface area contributed by atoms with Gasteiger partial charge >= 0.3 is 5.69 Å². The van der Waals surface area contributed by atoms with Crippen molar-refractivity contribution in [2.24, 2.45) is 0 Å². The highest BCUT2D eigenvalue weighted by molar-refractivity contribution is 5.77. The maximum Gasteiger partial charge on any atom is 0.340 e. The van der Waals surface area contributed by atoms with Gasteiger partial charge in [-0.1, -0.05) is 24.3 Å². The fourth-order valence-corrected chi connectivity index (χ4v) is 2.72. The SMILES string of the molecule is O=C(C[C@H]1CCc2ccccc21)NCc1n[nH]c(=O)[nH]1. The zero-order valence-corrected chi connectivity index (χ0v) is 11.0. The fourth-order valence-electron chi connectivity index (χ4n) is 2.72. The van der Waals surface area contributed by atoms with Crippen LogP contribution in [0.4, 0.5) is 0 Å². The molecule has 3 N–H and O–H groups in total. The van der Waals surface area contributed by atoms with Crippen LogP contribution in [0.5, 0.6) is 0 Å². The summed E-state index contributed by atoms with van der Waals surface area (Å²) in [4.78, 5) is 25.3. The Balaban J connectivity index is 1.56. The third kappa shape index (κ3) is 2.64. The van der Waals surface area contributed by atoms with Crippen LogP contribution in [0.3, 0.4) is 0 Å². The number of aromatic nitrogens is 3. The molecule has 0 radical (unpaired) electrons. The Labute approximate surface area is 115 Å². The monoisotopic (exact) mass is 272 g/mol. The number of carbonyl (C=O) groups is 1. The van der Waals surface area contributed by atoms with Gasteiger partial charge in [0.05, 0.1) is 6.54 Å². The van der Waals surface area contributed by atoms with Gasteiger partial charge in [0, 0.05) is 6.42 Å². The van der Waals surface area contributed by atoms with Crippen LogP contribution in [0, 0.1) is 0 Å². The molecule has 6 nitrogen and oxygen atoms in total. The third-order valence-corrected chi connectivity index (χ3v) is 3.69. The Bertz CT molecular complexity index is 674. The molecule has 1 aromatic carbocycles. The van der Waals surface area contributed by atoms with Crippen LogP contribution in [0.2, 0.25) is 0 Å². The molecule has 0 aliphatic heterocycles.